The number of nitrogens with one attached hydrogen (secondary N) is 1. The van der Waals surface area contributed by atoms with Crippen LogP contribution >= 0.6 is 11.6 Å². The number of hydrogen-bond donors (Lipinski definition) is 1. The van der Waals surface area contributed by atoms with Crippen molar-refractivity contribution in [3.05, 3.63) is 34.9 Å². The largest absolute Gasteiger partial charge is 0.316 e. The van der Waals surface area contributed by atoms with Crippen molar-refractivity contribution in [3.63, 3.8) is 0 Å². The van der Waals surface area contributed by atoms with E-state index in [0.717, 1.165) is 24.5 Å². The number of rotatable bonds is 8. The molecule has 1 aromatic carbocycles. The molecule has 1 rings (SSSR count). The van der Waals surface area contributed by atoms with Crippen molar-refractivity contribution in [3.8, 4) is 0 Å². The fourth-order valence-electron chi connectivity index (χ4n) is 2.54. The van der Waals surface area contributed by atoms with Gasteiger partial charge in [0.1, 0.15) is 0 Å². The third-order valence-electron chi connectivity index (χ3n) is 3.23. The van der Waals surface area contributed by atoms with Crippen molar-refractivity contribution in [2.24, 2.45) is 5.92 Å². The van der Waals surface area contributed by atoms with Crippen LogP contribution in [-0.4, -0.2) is 21.2 Å². The van der Waals surface area contributed by atoms with Gasteiger partial charge in [-0.05, 0) is 43.5 Å². The monoisotopic (exact) mass is 297 g/mol. The normalized spacial score (nSPS) is 13.5. The minimum Gasteiger partial charge on any atom is -0.316 e. The molecule has 0 aromatic heterocycles. The Hall–Kier alpha value is -0.313. The third kappa shape index (κ3) is 7.14. The van der Waals surface area contributed by atoms with Gasteiger partial charge in [-0.2, -0.15) is 0 Å². The zero-order chi connectivity index (χ0) is 14.3. The van der Waals surface area contributed by atoms with Gasteiger partial charge >= 0.3 is 0 Å². The fourth-order valence-corrected chi connectivity index (χ4v) is 4.77. The summed E-state index contributed by atoms with van der Waals surface area (Å²) < 4.78 is 0. The molecule has 1 nitrogen and oxygen atoms in total. The predicted molar refractivity (Wildman–Crippen MR) is 90.0 cm³/mol. The predicted octanol–water partition coefficient (Wildman–Crippen LogP) is 4.84. The summed E-state index contributed by atoms with van der Waals surface area (Å²) in [6.45, 7) is 11.8. The lowest BCUT2D eigenvalue weighted by Crippen LogP contribution is -2.32. The number of benzene rings is 1. The SMILES string of the molecule is CCCNCC(Cc1ccccc1Cl)C[Si](C)(C)C. The molecule has 1 unspecified atom stereocenters. The van der Waals surface area contributed by atoms with Crippen LogP contribution in [-0.2, 0) is 6.42 Å². The highest BCUT2D eigenvalue weighted by atomic mass is 35.5. The maximum atomic E-state index is 6.29. The van der Waals surface area contributed by atoms with Gasteiger partial charge in [0, 0.05) is 13.1 Å². The van der Waals surface area contributed by atoms with Crippen molar-refractivity contribution in [1.29, 1.82) is 0 Å². The van der Waals surface area contributed by atoms with E-state index in [1.54, 1.807) is 0 Å². The molecule has 1 aromatic rings. The van der Waals surface area contributed by atoms with Crippen molar-refractivity contribution >= 4 is 19.7 Å². The molecule has 0 amide bonds. The molecule has 19 heavy (non-hydrogen) atoms. The topological polar surface area (TPSA) is 12.0 Å². The Morgan fingerprint density at radius 3 is 2.47 bits per heavy atom. The molecule has 0 aliphatic rings. The van der Waals surface area contributed by atoms with Crippen LogP contribution in [0.25, 0.3) is 0 Å². The smallest absolute Gasteiger partial charge is 0.0446 e. The molecule has 0 radical (unpaired) electrons. The second-order valence-electron chi connectivity index (χ2n) is 6.63. The summed E-state index contributed by atoms with van der Waals surface area (Å²) in [4.78, 5) is 0. The Bertz CT molecular complexity index is 373. The molecule has 0 fully saturated rings. The van der Waals surface area contributed by atoms with E-state index in [0.29, 0.717) is 5.92 Å². The molecular formula is C16H28ClNSi. The van der Waals surface area contributed by atoms with Gasteiger partial charge in [-0.15, -0.1) is 0 Å². The summed E-state index contributed by atoms with van der Waals surface area (Å²) in [7, 11) is -1.03. The minimum atomic E-state index is -1.03. The van der Waals surface area contributed by atoms with Gasteiger partial charge in [-0.1, -0.05) is 62.4 Å². The zero-order valence-corrected chi connectivity index (χ0v) is 14.6. The van der Waals surface area contributed by atoms with E-state index in [1.807, 2.05) is 12.1 Å². The average Bonchev–Trinajstić information content (AvgIpc) is 2.30. The first-order valence-electron chi connectivity index (χ1n) is 7.36. The van der Waals surface area contributed by atoms with Gasteiger partial charge in [-0.3, -0.25) is 0 Å². The Morgan fingerprint density at radius 1 is 1.21 bits per heavy atom. The van der Waals surface area contributed by atoms with Crippen LogP contribution in [0.4, 0.5) is 0 Å². The minimum absolute atomic E-state index is 0.707. The van der Waals surface area contributed by atoms with Gasteiger partial charge in [-0.25, -0.2) is 0 Å². The molecule has 0 saturated carbocycles. The van der Waals surface area contributed by atoms with Crippen LogP contribution in [0, 0.1) is 5.92 Å². The lowest BCUT2D eigenvalue weighted by molar-refractivity contribution is 0.505. The first-order valence-corrected chi connectivity index (χ1v) is 11.4. The Kier molecular flexibility index (Phi) is 7.12. The molecule has 0 aliphatic carbocycles. The van der Waals surface area contributed by atoms with Crippen LogP contribution in [0.1, 0.15) is 18.9 Å². The lowest BCUT2D eigenvalue weighted by Gasteiger charge is -2.25. The van der Waals surface area contributed by atoms with E-state index in [-0.39, 0.29) is 0 Å². The summed E-state index contributed by atoms with van der Waals surface area (Å²) in [5, 5.41) is 4.49. The highest BCUT2D eigenvalue weighted by Gasteiger charge is 2.21. The molecule has 0 bridgehead atoms. The Balaban J connectivity index is 2.65. The second-order valence-corrected chi connectivity index (χ2v) is 12.6. The van der Waals surface area contributed by atoms with Gasteiger partial charge in [0.25, 0.3) is 0 Å². The number of hydrogen-bond acceptors (Lipinski definition) is 1. The fraction of sp³-hybridized carbons (Fsp3) is 0.625. The highest BCUT2D eigenvalue weighted by Crippen LogP contribution is 2.24. The summed E-state index contributed by atoms with van der Waals surface area (Å²) in [6, 6.07) is 9.62. The van der Waals surface area contributed by atoms with E-state index in [2.05, 4.69) is 44.0 Å². The lowest BCUT2D eigenvalue weighted by atomic mass is 10.0. The average molecular weight is 298 g/mol. The maximum Gasteiger partial charge on any atom is 0.0446 e. The van der Waals surface area contributed by atoms with Crippen LogP contribution in [0.3, 0.4) is 0 Å². The zero-order valence-electron chi connectivity index (χ0n) is 12.8. The Labute approximate surface area is 124 Å². The highest BCUT2D eigenvalue weighted by molar-refractivity contribution is 6.76. The summed E-state index contributed by atoms with van der Waals surface area (Å²) >= 11 is 6.29. The quantitative estimate of drug-likeness (QED) is 0.535. The standard InChI is InChI=1S/C16H28ClNSi/c1-5-10-18-12-14(13-19(2,3)4)11-15-8-6-7-9-16(15)17/h6-9,14,18H,5,10-13H2,1-4H3. The van der Waals surface area contributed by atoms with E-state index >= 15 is 0 Å². The van der Waals surface area contributed by atoms with Crippen molar-refractivity contribution in [2.45, 2.75) is 45.5 Å². The van der Waals surface area contributed by atoms with E-state index < -0.39 is 8.07 Å². The summed E-state index contributed by atoms with van der Waals surface area (Å²) in [5.74, 6) is 0.707. The van der Waals surface area contributed by atoms with E-state index in [4.69, 9.17) is 11.6 Å². The molecule has 0 saturated heterocycles. The van der Waals surface area contributed by atoms with Crippen LogP contribution in [0.15, 0.2) is 24.3 Å². The maximum absolute atomic E-state index is 6.29. The molecular weight excluding hydrogens is 270 g/mol. The second kappa shape index (κ2) is 8.08. The number of halogens is 1. The van der Waals surface area contributed by atoms with Gasteiger partial charge in [0.05, 0.1) is 0 Å². The molecule has 0 aliphatic heterocycles. The molecule has 3 heteroatoms. The van der Waals surface area contributed by atoms with Gasteiger partial charge in [0.2, 0.25) is 0 Å². The molecule has 0 spiro atoms. The third-order valence-corrected chi connectivity index (χ3v) is 5.40. The first kappa shape index (κ1) is 16.7. The van der Waals surface area contributed by atoms with Crippen molar-refractivity contribution < 1.29 is 0 Å². The summed E-state index contributed by atoms with van der Waals surface area (Å²) in [6.07, 6.45) is 2.30. The van der Waals surface area contributed by atoms with E-state index in [9.17, 15) is 0 Å². The summed E-state index contributed by atoms with van der Waals surface area (Å²) in [5.41, 5.74) is 1.30. The van der Waals surface area contributed by atoms with Crippen LogP contribution in [0.5, 0.6) is 0 Å². The van der Waals surface area contributed by atoms with Crippen molar-refractivity contribution in [1.82, 2.24) is 5.32 Å². The van der Waals surface area contributed by atoms with Gasteiger partial charge < -0.3 is 5.32 Å². The first-order chi connectivity index (χ1) is 8.92. The van der Waals surface area contributed by atoms with Crippen molar-refractivity contribution in [2.75, 3.05) is 13.1 Å². The molecule has 1 atom stereocenters. The van der Waals surface area contributed by atoms with Crippen LogP contribution < -0.4 is 5.32 Å². The van der Waals surface area contributed by atoms with Gasteiger partial charge in [0.15, 0.2) is 0 Å². The molecule has 108 valence electrons. The van der Waals surface area contributed by atoms with E-state index in [1.165, 1.54) is 18.0 Å². The Morgan fingerprint density at radius 2 is 1.89 bits per heavy atom. The van der Waals surface area contributed by atoms with Crippen LogP contribution in [0.2, 0.25) is 30.7 Å². The molecule has 0 heterocycles. The molecule has 1 N–H and O–H groups in total.